The normalized spacial score (nSPS) is 11.2. The molecule has 0 saturated heterocycles. The summed E-state index contributed by atoms with van der Waals surface area (Å²) in [6, 6.07) is 11.2. The van der Waals surface area contributed by atoms with Crippen LogP contribution in [0.4, 0.5) is 5.69 Å². The number of oxime groups is 1. The van der Waals surface area contributed by atoms with Crippen molar-refractivity contribution in [3.8, 4) is 0 Å². The molecule has 0 radical (unpaired) electrons. The van der Waals surface area contributed by atoms with Crippen LogP contribution >= 0.6 is 0 Å². The number of nitrogens with zero attached hydrogens (tertiary/aromatic N) is 2. The average Bonchev–Trinajstić information content (AvgIpc) is 2.62. The summed E-state index contributed by atoms with van der Waals surface area (Å²) < 4.78 is 4.89. The van der Waals surface area contributed by atoms with E-state index in [4.69, 9.17) is 15.3 Å². The van der Waals surface area contributed by atoms with Crippen molar-refractivity contribution in [3.63, 3.8) is 0 Å². The van der Waals surface area contributed by atoms with Crippen LogP contribution in [0, 0.1) is 0 Å². The van der Waals surface area contributed by atoms with Gasteiger partial charge in [0, 0.05) is 35.6 Å². The summed E-state index contributed by atoms with van der Waals surface area (Å²) >= 11 is 0. The number of benzene rings is 1. The molecular formula is C19H23N3O3. The second kappa shape index (κ2) is 10.1. The molecule has 6 heteroatoms. The molecule has 0 atom stereocenters. The predicted molar refractivity (Wildman–Crippen MR) is 97.2 cm³/mol. The minimum Gasteiger partial charge on any atom is -0.466 e. The molecule has 0 aliphatic carbocycles. The molecule has 2 N–H and O–H groups in total. The average molecular weight is 341 g/mol. The summed E-state index contributed by atoms with van der Waals surface area (Å²) in [7, 11) is 0. The number of esters is 1. The van der Waals surface area contributed by atoms with Crippen molar-refractivity contribution >= 4 is 17.4 Å². The molecule has 132 valence electrons. The van der Waals surface area contributed by atoms with Crippen molar-refractivity contribution in [2.75, 3.05) is 18.9 Å². The summed E-state index contributed by atoms with van der Waals surface area (Å²) in [6.45, 7) is 2.63. The third kappa shape index (κ3) is 6.25. The number of pyridine rings is 1. The Kier molecular flexibility index (Phi) is 7.43. The van der Waals surface area contributed by atoms with Gasteiger partial charge in [0.1, 0.15) is 12.3 Å². The van der Waals surface area contributed by atoms with E-state index >= 15 is 0 Å². The van der Waals surface area contributed by atoms with E-state index in [2.05, 4.69) is 10.1 Å². The molecule has 2 aromatic rings. The van der Waals surface area contributed by atoms with Gasteiger partial charge in [-0.3, -0.25) is 9.78 Å². The maximum atomic E-state index is 11.3. The SMILES string of the molecule is CCOC(=O)CCCCO/N=C(/c1cccnc1)c1cccc(N)c1. The van der Waals surface area contributed by atoms with E-state index in [0.29, 0.717) is 37.5 Å². The zero-order chi connectivity index (χ0) is 17.9. The van der Waals surface area contributed by atoms with Gasteiger partial charge >= 0.3 is 5.97 Å². The topological polar surface area (TPSA) is 86.8 Å². The fourth-order valence-electron chi connectivity index (χ4n) is 2.24. The van der Waals surface area contributed by atoms with Crippen LogP contribution in [0.3, 0.4) is 0 Å². The van der Waals surface area contributed by atoms with Gasteiger partial charge in [-0.1, -0.05) is 17.3 Å². The fourth-order valence-corrected chi connectivity index (χ4v) is 2.24. The van der Waals surface area contributed by atoms with Gasteiger partial charge in [-0.25, -0.2) is 0 Å². The van der Waals surface area contributed by atoms with Gasteiger partial charge in [-0.15, -0.1) is 0 Å². The number of nitrogens with two attached hydrogens (primary N) is 1. The van der Waals surface area contributed by atoms with Gasteiger partial charge in [-0.05, 0) is 44.0 Å². The lowest BCUT2D eigenvalue weighted by atomic mass is 10.0. The zero-order valence-electron chi connectivity index (χ0n) is 14.4. The number of hydrogen-bond acceptors (Lipinski definition) is 6. The molecule has 0 amide bonds. The van der Waals surface area contributed by atoms with Crippen molar-refractivity contribution in [1.29, 1.82) is 0 Å². The Labute approximate surface area is 147 Å². The maximum absolute atomic E-state index is 11.3. The summed E-state index contributed by atoms with van der Waals surface area (Å²) in [6.07, 6.45) is 5.25. The number of hydrogen-bond donors (Lipinski definition) is 1. The van der Waals surface area contributed by atoms with Gasteiger partial charge in [-0.2, -0.15) is 0 Å². The van der Waals surface area contributed by atoms with Crippen molar-refractivity contribution in [3.05, 3.63) is 59.9 Å². The number of anilines is 1. The van der Waals surface area contributed by atoms with Crippen LogP contribution in [-0.4, -0.2) is 29.9 Å². The van der Waals surface area contributed by atoms with Crippen LogP contribution in [0.25, 0.3) is 0 Å². The molecule has 0 aliphatic heterocycles. The first-order valence-corrected chi connectivity index (χ1v) is 8.32. The molecule has 0 fully saturated rings. The van der Waals surface area contributed by atoms with Gasteiger partial charge in [0.25, 0.3) is 0 Å². The summed E-state index contributed by atoms with van der Waals surface area (Å²) in [5, 5.41) is 4.26. The minimum atomic E-state index is -0.179. The van der Waals surface area contributed by atoms with Crippen LogP contribution in [0.15, 0.2) is 53.9 Å². The lowest BCUT2D eigenvalue weighted by Gasteiger charge is -2.08. The number of ether oxygens (including phenoxy) is 1. The van der Waals surface area contributed by atoms with Crippen molar-refractivity contribution in [2.45, 2.75) is 26.2 Å². The number of unbranched alkanes of at least 4 members (excludes halogenated alkanes) is 1. The largest absolute Gasteiger partial charge is 0.466 e. The number of rotatable bonds is 9. The first kappa shape index (κ1) is 18.4. The molecule has 0 aliphatic rings. The summed E-state index contributed by atoms with van der Waals surface area (Å²) in [4.78, 5) is 20.9. The fraction of sp³-hybridized carbons (Fsp3) is 0.316. The first-order chi connectivity index (χ1) is 12.2. The predicted octanol–water partition coefficient (Wildman–Crippen LogP) is 3.17. The summed E-state index contributed by atoms with van der Waals surface area (Å²) in [5.74, 6) is -0.179. The molecule has 1 aromatic carbocycles. The van der Waals surface area contributed by atoms with E-state index < -0.39 is 0 Å². The van der Waals surface area contributed by atoms with Crippen LogP contribution in [0.1, 0.15) is 37.3 Å². The molecule has 0 saturated carbocycles. The molecule has 0 bridgehead atoms. The Bertz CT molecular complexity index is 702. The quantitative estimate of drug-likeness (QED) is 0.249. The Morgan fingerprint density at radius 1 is 1.20 bits per heavy atom. The smallest absolute Gasteiger partial charge is 0.305 e. The number of aromatic nitrogens is 1. The molecule has 2 rings (SSSR count). The van der Waals surface area contributed by atoms with E-state index in [1.165, 1.54) is 0 Å². The zero-order valence-corrected chi connectivity index (χ0v) is 14.4. The van der Waals surface area contributed by atoms with Crippen LogP contribution in [-0.2, 0) is 14.4 Å². The Morgan fingerprint density at radius 2 is 2.04 bits per heavy atom. The number of carbonyl (C=O) groups is 1. The molecule has 1 aromatic heterocycles. The Morgan fingerprint density at radius 3 is 2.76 bits per heavy atom. The highest BCUT2D eigenvalue weighted by Gasteiger charge is 2.09. The van der Waals surface area contributed by atoms with Gasteiger partial charge in [0.2, 0.25) is 0 Å². The number of carbonyl (C=O) groups excluding carboxylic acids is 1. The lowest BCUT2D eigenvalue weighted by Crippen LogP contribution is -2.06. The molecule has 0 unspecified atom stereocenters. The van der Waals surface area contributed by atoms with Gasteiger partial charge < -0.3 is 15.3 Å². The van der Waals surface area contributed by atoms with Crippen molar-refractivity contribution in [1.82, 2.24) is 4.98 Å². The maximum Gasteiger partial charge on any atom is 0.305 e. The van der Waals surface area contributed by atoms with E-state index in [9.17, 15) is 4.79 Å². The van der Waals surface area contributed by atoms with Crippen LogP contribution < -0.4 is 5.73 Å². The van der Waals surface area contributed by atoms with Crippen LogP contribution in [0.5, 0.6) is 0 Å². The molecule has 25 heavy (non-hydrogen) atoms. The third-order valence-electron chi connectivity index (χ3n) is 3.42. The monoisotopic (exact) mass is 341 g/mol. The molecular weight excluding hydrogens is 318 g/mol. The Balaban J connectivity index is 1.97. The van der Waals surface area contributed by atoms with E-state index in [0.717, 1.165) is 17.5 Å². The van der Waals surface area contributed by atoms with Crippen molar-refractivity contribution in [2.24, 2.45) is 5.16 Å². The van der Waals surface area contributed by atoms with Gasteiger partial charge in [0.15, 0.2) is 0 Å². The minimum absolute atomic E-state index is 0.179. The first-order valence-electron chi connectivity index (χ1n) is 8.32. The highest BCUT2D eigenvalue weighted by atomic mass is 16.6. The van der Waals surface area contributed by atoms with Crippen molar-refractivity contribution < 1.29 is 14.4 Å². The van der Waals surface area contributed by atoms with Crippen LogP contribution in [0.2, 0.25) is 0 Å². The molecule has 6 nitrogen and oxygen atoms in total. The molecule has 1 heterocycles. The van der Waals surface area contributed by atoms with E-state index in [-0.39, 0.29) is 5.97 Å². The highest BCUT2D eigenvalue weighted by molar-refractivity contribution is 6.12. The van der Waals surface area contributed by atoms with E-state index in [1.807, 2.05) is 36.4 Å². The highest BCUT2D eigenvalue weighted by Crippen LogP contribution is 2.14. The standard InChI is InChI=1S/C19H23N3O3/c1-2-24-18(23)10-3-4-12-25-22-19(16-8-6-11-21-14-16)15-7-5-9-17(20)13-15/h5-9,11,13-14H,2-4,10,12,20H2,1H3/b22-19+. The number of nitrogen functional groups attached to an aromatic ring is 1. The Hall–Kier alpha value is -2.89. The second-order valence-corrected chi connectivity index (χ2v) is 5.40. The third-order valence-corrected chi connectivity index (χ3v) is 3.42. The van der Waals surface area contributed by atoms with Gasteiger partial charge in [0.05, 0.1) is 6.61 Å². The second-order valence-electron chi connectivity index (χ2n) is 5.40. The lowest BCUT2D eigenvalue weighted by molar-refractivity contribution is -0.143. The molecule has 0 spiro atoms. The van der Waals surface area contributed by atoms with E-state index in [1.54, 1.807) is 19.3 Å². The summed E-state index contributed by atoms with van der Waals surface area (Å²) in [5.41, 5.74) is 8.90.